The SMILES string of the molecule is C=C(C)CNCc1ccccc1O. The van der Waals surface area contributed by atoms with Gasteiger partial charge in [-0.2, -0.15) is 0 Å². The monoisotopic (exact) mass is 177 g/mol. The lowest BCUT2D eigenvalue weighted by Crippen LogP contribution is -2.15. The van der Waals surface area contributed by atoms with E-state index < -0.39 is 0 Å². The summed E-state index contributed by atoms with van der Waals surface area (Å²) in [6.45, 7) is 7.22. The van der Waals surface area contributed by atoms with Gasteiger partial charge in [-0.1, -0.05) is 30.4 Å². The number of hydrogen-bond donors (Lipinski definition) is 2. The van der Waals surface area contributed by atoms with Crippen LogP contribution in [0.1, 0.15) is 12.5 Å². The predicted molar refractivity (Wildman–Crippen MR) is 54.6 cm³/mol. The minimum absolute atomic E-state index is 0.344. The lowest BCUT2D eigenvalue weighted by Gasteiger charge is -2.05. The van der Waals surface area contributed by atoms with E-state index >= 15 is 0 Å². The molecular weight excluding hydrogens is 162 g/mol. The molecule has 0 heterocycles. The van der Waals surface area contributed by atoms with Crippen molar-refractivity contribution in [1.29, 1.82) is 0 Å². The number of phenolic OH excluding ortho intramolecular Hbond substituents is 1. The Labute approximate surface area is 78.9 Å². The first kappa shape index (κ1) is 9.81. The van der Waals surface area contributed by atoms with Crippen LogP contribution in [0.3, 0.4) is 0 Å². The summed E-state index contributed by atoms with van der Waals surface area (Å²) >= 11 is 0. The van der Waals surface area contributed by atoms with Crippen molar-refractivity contribution >= 4 is 0 Å². The van der Waals surface area contributed by atoms with Crippen LogP contribution in [0.15, 0.2) is 36.4 Å². The van der Waals surface area contributed by atoms with Gasteiger partial charge in [0.05, 0.1) is 0 Å². The number of nitrogens with one attached hydrogen (secondary N) is 1. The molecule has 0 aromatic heterocycles. The van der Waals surface area contributed by atoms with Crippen LogP contribution in [0.4, 0.5) is 0 Å². The molecule has 0 unspecified atom stereocenters. The average Bonchev–Trinajstić information content (AvgIpc) is 2.08. The largest absolute Gasteiger partial charge is 0.508 e. The van der Waals surface area contributed by atoms with Gasteiger partial charge in [0.2, 0.25) is 0 Å². The molecule has 1 aromatic carbocycles. The molecule has 2 nitrogen and oxygen atoms in total. The maximum atomic E-state index is 9.41. The van der Waals surface area contributed by atoms with Crippen molar-refractivity contribution in [1.82, 2.24) is 5.32 Å². The van der Waals surface area contributed by atoms with Crippen LogP contribution in [0, 0.1) is 0 Å². The maximum Gasteiger partial charge on any atom is 0.120 e. The van der Waals surface area contributed by atoms with Crippen LogP contribution in [0.2, 0.25) is 0 Å². The van der Waals surface area contributed by atoms with Gasteiger partial charge in [-0.25, -0.2) is 0 Å². The van der Waals surface area contributed by atoms with Crippen LogP contribution in [0.25, 0.3) is 0 Å². The van der Waals surface area contributed by atoms with Gasteiger partial charge in [0.1, 0.15) is 5.75 Å². The van der Waals surface area contributed by atoms with Gasteiger partial charge in [-0.15, -0.1) is 0 Å². The summed E-state index contributed by atoms with van der Waals surface area (Å²) < 4.78 is 0. The second kappa shape index (κ2) is 4.67. The number of benzene rings is 1. The molecule has 0 aliphatic rings. The van der Waals surface area contributed by atoms with Crippen molar-refractivity contribution in [3.63, 3.8) is 0 Å². The van der Waals surface area contributed by atoms with E-state index in [0.29, 0.717) is 12.3 Å². The Morgan fingerprint density at radius 2 is 2.15 bits per heavy atom. The average molecular weight is 177 g/mol. The van der Waals surface area contributed by atoms with Gasteiger partial charge >= 0.3 is 0 Å². The number of aromatic hydroxyl groups is 1. The second-order valence-electron chi connectivity index (χ2n) is 3.19. The van der Waals surface area contributed by atoms with Crippen molar-refractivity contribution in [2.24, 2.45) is 0 Å². The normalized spacial score (nSPS) is 9.92. The number of rotatable bonds is 4. The summed E-state index contributed by atoms with van der Waals surface area (Å²) in [5.74, 6) is 0.344. The van der Waals surface area contributed by atoms with Crippen molar-refractivity contribution in [3.05, 3.63) is 42.0 Å². The van der Waals surface area contributed by atoms with Gasteiger partial charge < -0.3 is 10.4 Å². The number of hydrogen-bond acceptors (Lipinski definition) is 2. The highest BCUT2D eigenvalue weighted by Gasteiger charge is 1.97. The minimum atomic E-state index is 0.344. The van der Waals surface area contributed by atoms with E-state index in [1.807, 2.05) is 25.1 Å². The first-order valence-corrected chi connectivity index (χ1v) is 4.32. The summed E-state index contributed by atoms with van der Waals surface area (Å²) in [6.07, 6.45) is 0. The Kier molecular flexibility index (Phi) is 3.53. The molecule has 0 bridgehead atoms. The molecule has 70 valence electrons. The number of phenols is 1. The van der Waals surface area contributed by atoms with E-state index in [1.165, 1.54) is 0 Å². The Morgan fingerprint density at radius 3 is 2.77 bits per heavy atom. The molecule has 2 N–H and O–H groups in total. The molecule has 0 saturated heterocycles. The molecule has 0 fully saturated rings. The molecule has 1 rings (SSSR count). The van der Waals surface area contributed by atoms with Crippen molar-refractivity contribution in [2.45, 2.75) is 13.5 Å². The minimum Gasteiger partial charge on any atom is -0.508 e. The molecule has 0 aliphatic carbocycles. The fourth-order valence-corrected chi connectivity index (χ4v) is 1.07. The molecule has 0 atom stereocenters. The predicted octanol–water partition coefficient (Wildman–Crippen LogP) is 2.06. The Hall–Kier alpha value is -1.28. The molecule has 1 aromatic rings. The standard InChI is InChI=1S/C11H15NO/c1-9(2)7-12-8-10-5-3-4-6-11(10)13/h3-6,12-13H,1,7-8H2,2H3. The molecule has 0 saturated carbocycles. The summed E-state index contributed by atoms with van der Waals surface area (Å²) in [5.41, 5.74) is 2.01. The molecule has 0 amide bonds. The zero-order chi connectivity index (χ0) is 9.68. The van der Waals surface area contributed by atoms with Gasteiger partial charge in [0.15, 0.2) is 0 Å². The van der Waals surface area contributed by atoms with Crippen LogP contribution in [-0.2, 0) is 6.54 Å². The van der Waals surface area contributed by atoms with Gasteiger partial charge in [0, 0.05) is 18.7 Å². The molecule has 0 radical (unpaired) electrons. The molecule has 2 heteroatoms. The molecular formula is C11H15NO. The smallest absolute Gasteiger partial charge is 0.120 e. The third kappa shape index (κ3) is 3.30. The van der Waals surface area contributed by atoms with Crippen molar-refractivity contribution in [2.75, 3.05) is 6.54 Å². The lowest BCUT2D eigenvalue weighted by molar-refractivity contribution is 0.465. The first-order chi connectivity index (χ1) is 6.20. The van der Waals surface area contributed by atoms with E-state index in [9.17, 15) is 5.11 Å². The summed E-state index contributed by atoms with van der Waals surface area (Å²) in [4.78, 5) is 0. The van der Waals surface area contributed by atoms with Crippen molar-refractivity contribution in [3.8, 4) is 5.75 Å². The zero-order valence-corrected chi connectivity index (χ0v) is 7.88. The molecule has 0 aliphatic heterocycles. The van der Waals surface area contributed by atoms with Crippen LogP contribution in [0.5, 0.6) is 5.75 Å². The quantitative estimate of drug-likeness (QED) is 0.690. The van der Waals surface area contributed by atoms with E-state index in [0.717, 1.165) is 17.7 Å². The summed E-state index contributed by atoms with van der Waals surface area (Å²) in [5, 5.41) is 12.6. The molecule has 13 heavy (non-hydrogen) atoms. The highest BCUT2D eigenvalue weighted by atomic mass is 16.3. The third-order valence-corrected chi connectivity index (χ3v) is 1.73. The van der Waals surface area contributed by atoms with E-state index in [1.54, 1.807) is 6.07 Å². The number of para-hydroxylation sites is 1. The van der Waals surface area contributed by atoms with E-state index in [2.05, 4.69) is 11.9 Å². The first-order valence-electron chi connectivity index (χ1n) is 4.32. The van der Waals surface area contributed by atoms with Gasteiger partial charge in [0.25, 0.3) is 0 Å². The van der Waals surface area contributed by atoms with E-state index in [4.69, 9.17) is 0 Å². The van der Waals surface area contributed by atoms with Gasteiger partial charge in [-0.3, -0.25) is 0 Å². The van der Waals surface area contributed by atoms with Crippen molar-refractivity contribution < 1.29 is 5.11 Å². The fourth-order valence-electron chi connectivity index (χ4n) is 1.07. The fraction of sp³-hybridized carbons (Fsp3) is 0.273. The Balaban J connectivity index is 2.45. The maximum absolute atomic E-state index is 9.41. The van der Waals surface area contributed by atoms with Crippen LogP contribution in [-0.4, -0.2) is 11.7 Å². The Morgan fingerprint density at radius 1 is 1.46 bits per heavy atom. The van der Waals surface area contributed by atoms with E-state index in [-0.39, 0.29) is 0 Å². The topological polar surface area (TPSA) is 32.3 Å². The Bertz CT molecular complexity index is 294. The van der Waals surface area contributed by atoms with Gasteiger partial charge in [-0.05, 0) is 13.0 Å². The highest BCUT2D eigenvalue weighted by molar-refractivity contribution is 5.31. The lowest BCUT2D eigenvalue weighted by atomic mass is 10.2. The van der Waals surface area contributed by atoms with Crippen LogP contribution >= 0.6 is 0 Å². The summed E-state index contributed by atoms with van der Waals surface area (Å²) in [7, 11) is 0. The summed E-state index contributed by atoms with van der Waals surface area (Å²) in [6, 6.07) is 7.33. The van der Waals surface area contributed by atoms with Crippen LogP contribution < -0.4 is 5.32 Å². The molecule has 0 spiro atoms. The third-order valence-electron chi connectivity index (χ3n) is 1.73. The zero-order valence-electron chi connectivity index (χ0n) is 7.88. The second-order valence-corrected chi connectivity index (χ2v) is 3.19. The highest BCUT2D eigenvalue weighted by Crippen LogP contribution is 2.14.